The highest BCUT2D eigenvalue weighted by molar-refractivity contribution is 5.77. The van der Waals surface area contributed by atoms with Crippen LogP contribution in [0.1, 0.15) is 24.3 Å². The fourth-order valence-electron chi connectivity index (χ4n) is 2.72. The zero-order valence-electron chi connectivity index (χ0n) is 12.7. The Bertz CT molecular complexity index is 457. The van der Waals surface area contributed by atoms with E-state index in [1.54, 1.807) is 14.2 Å². The topological polar surface area (TPSA) is 64.8 Å². The van der Waals surface area contributed by atoms with Gasteiger partial charge in [0, 0.05) is 32.7 Å². The van der Waals surface area contributed by atoms with Crippen LogP contribution in [0.4, 0.5) is 0 Å². The maximum Gasteiger partial charge on any atom is 0.225 e. The van der Waals surface area contributed by atoms with Crippen molar-refractivity contribution in [1.82, 2.24) is 4.90 Å². The van der Waals surface area contributed by atoms with E-state index in [1.165, 1.54) is 5.56 Å². The third-order valence-electron chi connectivity index (χ3n) is 4.13. The first-order chi connectivity index (χ1) is 10.2. The van der Waals surface area contributed by atoms with E-state index in [9.17, 15) is 4.79 Å². The second-order valence-corrected chi connectivity index (χ2v) is 5.40. The van der Waals surface area contributed by atoms with Gasteiger partial charge in [-0.1, -0.05) is 12.1 Å². The Morgan fingerprint density at radius 1 is 1.38 bits per heavy atom. The number of amides is 1. The van der Waals surface area contributed by atoms with E-state index in [-0.39, 0.29) is 12.0 Å². The average molecular weight is 292 g/mol. The van der Waals surface area contributed by atoms with Crippen LogP contribution in [0.2, 0.25) is 0 Å². The molecule has 1 heterocycles. The lowest BCUT2D eigenvalue weighted by Crippen LogP contribution is -2.34. The quantitative estimate of drug-likeness (QED) is 0.860. The maximum absolute atomic E-state index is 12.2. The molecule has 1 aliphatic rings. The van der Waals surface area contributed by atoms with Crippen LogP contribution in [0.15, 0.2) is 24.3 Å². The Kier molecular flexibility index (Phi) is 5.59. The van der Waals surface area contributed by atoms with Crippen LogP contribution >= 0.6 is 0 Å². The Balaban J connectivity index is 1.91. The van der Waals surface area contributed by atoms with Crippen molar-refractivity contribution < 1.29 is 14.3 Å². The highest BCUT2D eigenvalue weighted by Gasteiger charge is 2.28. The smallest absolute Gasteiger partial charge is 0.225 e. The summed E-state index contributed by atoms with van der Waals surface area (Å²) >= 11 is 0. The minimum atomic E-state index is -0.183. The van der Waals surface area contributed by atoms with Crippen molar-refractivity contribution in [3.05, 3.63) is 29.8 Å². The predicted octanol–water partition coefficient (Wildman–Crippen LogP) is 1.37. The molecule has 1 fully saturated rings. The molecule has 1 aromatic carbocycles. The molecule has 116 valence electrons. The molecule has 2 N–H and O–H groups in total. The van der Waals surface area contributed by atoms with Crippen molar-refractivity contribution in [1.29, 1.82) is 0 Å². The molecule has 1 amide bonds. The maximum atomic E-state index is 12.2. The number of methoxy groups -OCH3 is 2. The minimum absolute atomic E-state index is 0.128. The van der Waals surface area contributed by atoms with Gasteiger partial charge in [0.2, 0.25) is 5.91 Å². The second-order valence-electron chi connectivity index (χ2n) is 5.40. The van der Waals surface area contributed by atoms with Crippen LogP contribution < -0.4 is 10.5 Å². The molecule has 2 unspecified atom stereocenters. The molecule has 1 aromatic rings. The van der Waals surface area contributed by atoms with Crippen LogP contribution in [0.5, 0.6) is 5.75 Å². The lowest BCUT2D eigenvalue weighted by Gasteiger charge is -2.20. The van der Waals surface area contributed by atoms with E-state index in [4.69, 9.17) is 15.2 Å². The number of likely N-dealkylation sites (tertiary alicyclic amines) is 1. The summed E-state index contributed by atoms with van der Waals surface area (Å²) < 4.78 is 10.3. The molecule has 2 rings (SSSR count). The standard InChI is InChI=1S/C16H24N2O3/c1-20-14-5-3-12(4-6-14)13-7-8-18(11-13)16(19)9-15(10-17)21-2/h3-6,13,15H,7-11,17H2,1-2H3. The first-order valence-electron chi connectivity index (χ1n) is 7.32. The molecule has 0 aliphatic carbocycles. The van der Waals surface area contributed by atoms with Gasteiger partial charge in [0.1, 0.15) is 5.75 Å². The van der Waals surface area contributed by atoms with Crippen LogP contribution in [-0.4, -0.2) is 50.8 Å². The molecular weight excluding hydrogens is 268 g/mol. The number of nitrogens with two attached hydrogens (primary N) is 1. The van der Waals surface area contributed by atoms with Crippen molar-refractivity contribution in [2.45, 2.75) is 24.9 Å². The predicted molar refractivity (Wildman–Crippen MR) is 81.4 cm³/mol. The number of rotatable bonds is 6. The third-order valence-corrected chi connectivity index (χ3v) is 4.13. The average Bonchev–Trinajstić information content (AvgIpc) is 3.02. The van der Waals surface area contributed by atoms with Gasteiger partial charge in [-0.2, -0.15) is 0 Å². The third kappa shape index (κ3) is 3.95. The van der Waals surface area contributed by atoms with Gasteiger partial charge in [-0.05, 0) is 24.1 Å². The van der Waals surface area contributed by atoms with Gasteiger partial charge >= 0.3 is 0 Å². The number of nitrogens with zero attached hydrogens (tertiary/aromatic N) is 1. The molecule has 1 saturated heterocycles. The van der Waals surface area contributed by atoms with E-state index in [0.717, 1.165) is 25.3 Å². The summed E-state index contributed by atoms with van der Waals surface area (Å²) in [6, 6.07) is 8.09. The fourth-order valence-corrected chi connectivity index (χ4v) is 2.72. The molecule has 0 radical (unpaired) electrons. The van der Waals surface area contributed by atoms with Crippen LogP contribution in [0, 0.1) is 0 Å². The number of hydrogen-bond donors (Lipinski definition) is 1. The number of benzene rings is 1. The van der Waals surface area contributed by atoms with Gasteiger partial charge in [0.05, 0.1) is 19.6 Å². The second kappa shape index (κ2) is 7.43. The zero-order valence-corrected chi connectivity index (χ0v) is 12.7. The SMILES string of the molecule is COc1ccc(C2CCN(C(=O)CC(CN)OC)C2)cc1. The highest BCUT2D eigenvalue weighted by atomic mass is 16.5. The van der Waals surface area contributed by atoms with E-state index >= 15 is 0 Å². The first kappa shape index (κ1) is 15.8. The summed E-state index contributed by atoms with van der Waals surface area (Å²) in [7, 11) is 3.25. The Morgan fingerprint density at radius 2 is 2.10 bits per heavy atom. The molecule has 0 saturated carbocycles. The molecular formula is C16H24N2O3. The molecule has 2 atom stereocenters. The summed E-state index contributed by atoms with van der Waals surface area (Å²) in [5.41, 5.74) is 6.83. The van der Waals surface area contributed by atoms with E-state index in [2.05, 4.69) is 12.1 Å². The summed E-state index contributed by atoms with van der Waals surface area (Å²) in [6.07, 6.45) is 1.18. The molecule has 0 bridgehead atoms. The largest absolute Gasteiger partial charge is 0.497 e. The summed E-state index contributed by atoms with van der Waals surface area (Å²) in [5.74, 6) is 1.39. The van der Waals surface area contributed by atoms with Gasteiger partial charge in [0.25, 0.3) is 0 Å². The van der Waals surface area contributed by atoms with Crippen LogP contribution in [0.3, 0.4) is 0 Å². The zero-order chi connectivity index (χ0) is 15.2. The number of hydrogen-bond acceptors (Lipinski definition) is 4. The van der Waals surface area contributed by atoms with Gasteiger partial charge < -0.3 is 20.1 Å². The summed E-state index contributed by atoms with van der Waals surface area (Å²) in [6.45, 7) is 1.95. The van der Waals surface area contributed by atoms with Crippen molar-refractivity contribution in [2.75, 3.05) is 33.9 Å². The van der Waals surface area contributed by atoms with Crippen molar-refractivity contribution in [3.8, 4) is 5.75 Å². The molecule has 21 heavy (non-hydrogen) atoms. The van der Waals surface area contributed by atoms with Crippen molar-refractivity contribution in [2.24, 2.45) is 5.73 Å². The van der Waals surface area contributed by atoms with Crippen molar-refractivity contribution >= 4 is 5.91 Å². The molecule has 1 aliphatic heterocycles. The number of carbonyl (C=O) groups excluding carboxylic acids is 1. The fraction of sp³-hybridized carbons (Fsp3) is 0.562. The van der Waals surface area contributed by atoms with E-state index in [0.29, 0.717) is 18.9 Å². The Morgan fingerprint density at radius 3 is 2.67 bits per heavy atom. The number of ether oxygens (including phenoxy) is 2. The molecule has 0 spiro atoms. The molecule has 5 heteroatoms. The Hall–Kier alpha value is -1.59. The summed E-state index contributed by atoms with van der Waals surface area (Å²) in [5, 5.41) is 0. The lowest BCUT2D eigenvalue weighted by atomic mass is 9.98. The van der Waals surface area contributed by atoms with Crippen molar-refractivity contribution in [3.63, 3.8) is 0 Å². The van der Waals surface area contributed by atoms with E-state index < -0.39 is 0 Å². The van der Waals surface area contributed by atoms with Gasteiger partial charge in [0.15, 0.2) is 0 Å². The van der Waals surface area contributed by atoms with E-state index in [1.807, 2.05) is 17.0 Å². The summed E-state index contributed by atoms with van der Waals surface area (Å²) in [4.78, 5) is 14.1. The molecule has 0 aromatic heterocycles. The van der Waals surface area contributed by atoms with Gasteiger partial charge in [-0.15, -0.1) is 0 Å². The lowest BCUT2D eigenvalue weighted by molar-refractivity contribution is -0.132. The molecule has 5 nitrogen and oxygen atoms in total. The van der Waals surface area contributed by atoms with Gasteiger partial charge in [-0.3, -0.25) is 4.79 Å². The van der Waals surface area contributed by atoms with Crippen LogP contribution in [-0.2, 0) is 9.53 Å². The first-order valence-corrected chi connectivity index (χ1v) is 7.32. The van der Waals surface area contributed by atoms with Crippen LogP contribution in [0.25, 0.3) is 0 Å². The normalized spacial score (nSPS) is 19.6. The minimum Gasteiger partial charge on any atom is -0.497 e. The highest BCUT2D eigenvalue weighted by Crippen LogP contribution is 2.28. The number of carbonyl (C=O) groups is 1. The van der Waals surface area contributed by atoms with Gasteiger partial charge in [-0.25, -0.2) is 0 Å². The Labute approximate surface area is 126 Å². The monoisotopic (exact) mass is 292 g/mol.